The first-order valence-corrected chi connectivity index (χ1v) is 21.5. The lowest BCUT2D eigenvalue weighted by Crippen LogP contribution is -2.46. The van der Waals surface area contributed by atoms with Gasteiger partial charge in [-0.1, -0.05) is 70.5 Å². The van der Waals surface area contributed by atoms with E-state index in [2.05, 4.69) is 31.6 Å². The Balaban J connectivity index is 1.14. The van der Waals surface area contributed by atoms with E-state index in [-0.39, 0.29) is 42.3 Å². The molecule has 2 amide bonds. The molecule has 274 valence electrons. The van der Waals surface area contributed by atoms with Crippen molar-refractivity contribution in [2.24, 2.45) is 5.92 Å². The van der Waals surface area contributed by atoms with Gasteiger partial charge in [-0.2, -0.15) is 0 Å². The molecule has 0 radical (unpaired) electrons. The standard InChI is InChI=1S/C40H43BrN6O5Si/c1-25-37(53(2,3)51)36(18-19-46-23-34(44-45-46)32(24-48)27-9-5-4-6-10-27)52-40(25)33-21-29(41)14-17-35(33)47(39(40)50)22-26-8-7-11-31(20-26)43-38(49)28-12-15-30(42)16-13-28/h4-17,20-21,23,25,32,36-37,48,51H,18-19,22,24,42H2,1-3H3,(H,43,49)/t25-,32?,36+,37-,40+/m0/s1. The number of ether oxygens (including phenoxy) is 1. The van der Waals surface area contributed by atoms with Crippen molar-refractivity contribution in [3.63, 3.8) is 0 Å². The minimum Gasteiger partial charge on any atom is -0.432 e. The van der Waals surface area contributed by atoms with Crippen LogP contribution < -0.4 is 16.0 Å². The van der Waals surface area contributed by atoms with E-state index in [1.165, 1.54) is 0 Å². The van der Waals surface area contributed by atoms with Gasteiger partial charge >= 0.3 is 0 Å². The zero-order valence-corrected chi connectivity index (χ0v) is 32.4. The average molecular weight is 796 g/mol. The predicted molar refractivity (Wildman–Crippen MR) is 210 cm³/mol. The first-order chi connectivity index (χ1) is 25.4. The second kappa shape index (κ2) is 14.6. The monoisotopic (exact) mass is 794 g/mol. The van der Waals surface area contributed by atoms with Crippen LogP contribution in [0.5, 0.6) is 0 Å². The van der Waals surface area contributed by atoms with Gasteiger partial charge in [0, 0.05) is 51.2 Å². The number of hydrogen-bond acceptors (Lipinski definition) is 8. The molecule has 5 N–H and O–H groups in total. The number of benzene rings is 4. The molecule has 1 saturated heterocycles. The number of aromatic nitrogens is 3. The number of nitrogen functional groups attached to an aromatic ring is 1. The van der Waals surface area contributed by atoms with Crippen molar-refractivity contribution >= 4 is 53.1 Å². The third-order valence-corrected chi connectivity index (χ3v) is 13.6. The number of fused-ring (bicyclic) bond motifs is 2. The zero-order valence-electron chi connectivity index (χ0n) is 29.8. The maximum absolute atomic E-state index is 14.9. The molecular weight excluding hydrogens is 752 g/mol. The Morgan fingerprint density at radius 2 is 1.81 bits per heavy atom. The van der Waals surface area contributed by atoms with Crippen LogP contribution in [0.1, 0.15) is 52.0 Å². The zero-order chi connectivity index (χ0) is 37.5. The molecule has 0 aliphatic carbocycles. The average Bonchev–Trinajstić information content (AvgIpc) is 3.79. The van der Waals surface area contributed by atoms with Crippen molar-refractivity contribution in [1.29, 1.82) is 0 Å². The van der Waals surface area contributed by atoms with Gasteiger partial charge in [0.2, 0.25) is 0 Å². The number of aryl methyl sites for hydroxylation is 1. The molecule has 2 aliphatic heterocycles. The van der Waals surface area contributed by atoms with E-state index < -0.39 is 20.0 Å². The molecule has 5 aromatic rings. The minimum atomic E-state index is -2.89. The summed E-state index contributed by atoms with van der Waals surface area (Å²) in [6.07, 6.45) is 1.91. The molecule has 53 heavy (non-hydrogen) atoms. The third kappa shape index (κ3) is 7.07. The molecule has 1 aromatic heterocycles. The number of halogens is 1. The van der Waals surface area contributed by atoms with E-state index in [0.717, 1.165) is 26.9 Å². The lowest BCUT2D eigenvalue weighted by molar-refractivity contribution is -0.146. The summed E-state index contributed by atoms with van der Waals surface area (Å²) < 4.78 is 9.58. The van der Waals surface area contributed by atoms with Crippen LogP contribution in [0.3, 0.4) is 0 Å². The molecule has 7 rings (SSSR count). The number of carbonyl (C=O) groups excluding carboxylic acids is 2. The van der Waals surface area contributed by atoms with Crippen LogP contribution in [0, 0.1) is 5.92 Å². The van der Waals surface area contributed by atoms with E-state index in [4.69, 9.17) is 10.5 Å². The summed E-state index contributed by atoms with van der Waals surface area (Å²) in [5, 5.41) is 21.9. The van der Waals surface area contributed by atoms with E-state index in [0.29, 0.717) is 35.6 Å². The van der Waals surface area contributed by atoms with Gasteiger partial charge in [0.1, 0.15) is 0 Å². The summed E-state index contributed by atoms with van der Waals surface area (Å²) in [7, 11) is -2.89. The van der Waals surface area contributed by atoms with Crippen molar-refractivity contribution in [3.05, 3.63) is 136 Å². The highest BCUT2D eigenvalue weighted by Gasteiger charge is 2.66. The predicted octanol–water partition coefficient (Wildman–Crippen LogP) is 6.43. The van der Waals surface area contributed by atoms with Crippen LogP contribution in [-0.4, -0.2) is 57.7 Å². The van der Waals surface area contributed by atoms with E-state index >= 15 is 0 Å². The van der Waals surface area contributed by atoms with E-state index in [9.17, 15) is 19.5 Å². The Hall–Kier alpha value is -4.66. The van der Waals surface area contributed by atoms with Gasteiger partial charge in [0.25, 0.3) is 11.8 Å². The maximum Gasteiger partial charge on any atom is 0.264 e. The van der Waals surface area contributed by atoms with Gasteiger partial charge in [0.15, 0.2) is 13.9 Å². The number of aliphatic hydroxyl groups excluding tert-OH is 1. The number of amides is 2. The van der Waals surface area contributed by atoms with Gasteiger partial charge in [-0.15, -0.1) is 5.10 Å². The van der Waals surface area contributed by atoms with Gasteiger partial charge in [-0.3, -0.25) is 14.3 Å². The molecule has 3 heterocycles. The fourth-order valence-electron chi connectivity index (χ4n) is 8.14. The van der Waals surface area contributed by atoms with Gasteiger partial charge in [-0.05, 0) is 85.2 Å². The van der Waals surface area contributed by atoms with Crippen LogP contribution in [0.15, 0.2) is 108 Å². The molecular formula is C40H43BrN6O5Si. The smallest absolute Gasteiger partial charge is 0.264 e. The number of nitrogens with two attached hydrogens (primary N) is 1. The number of carbonyl (C=O) groups is 2. The Labute approximate surface area is 318 Å². The van der Waals surface area contributed by atoms with E-state index in [1.54, 1.807) is 33.8 Å². The quantitative estimate of drug-likeness (QED) is 0.0881. The van der Waals surface area contributed by atoms with Crippen molar-refractivity contribution in [2.45, 2.75) is 62.7 Å². The summed E-state index contributed by atoms with van der Waals surface area (Å²) in [5.74, 6) is -1.08. The minimum absolute atomic E-state index is 0.100. The fraction of sp³-hybridized carbons (Fsp3) is 0.300. The summed E-state index contributed by atoms with van der Waals surface area (Å²) >= 11 is 3.64. The fourth-order valence-corrected chi connectivity index (χ4v) is 11.1. The Bertz CT molecular complexity index is 2120. The largest absolute Gasteiger partial charge is 0.432 e. The molecule has 13 heteroatoms. The highest BCUT2D eigenvalue weighted by molar-refractivity contribution is 9.10. The number of nitrogens with one attached hydrogen (secondary N) is 1. The topological polar surface area (TPSA) is 156 Å². The molecule has 0 bridgehead atoms. The van der Waals surface area contributed by atoms with Gasteiger partial charge in [0.05, 0.1) is 36.6 Å². The Morgan fingerprint density at radius 1 is 1.06 bits per heavy atom. The second-order valence-corrected chi connectivity index (χ2v) is 19.4. The van der Waals surface area contributed by atoms with Crippen molar-refractivity contribution < 1.29 is 24.2 Å². The van der Waals surface area contributed by atoms with Crippen LogP contribution >= 0.6 is 15.9 Å². The molecule has 1 fully saturated rings. The van der Waals surface area contributed by atoms with Crippen molar-refractivity contribution in [1.82, 2.24) is 15.0 Å². The summed E-state index contributed by atoms with van der Waals surface area (Å²) in [6, 6.07) is 29.7. The number of hydrogen-bond donors (Lipinski definition) is 4. The summed E-state index contributed by atoms with van der Waals surface area (Å²) in [5.41, 5.74) is 9.83. The summed E-state index contributed by atoms with van der Waals surface area (Å²) in [6.45, 7) is 6.44. The first kappa shape index (κ1) is 36.7. The molecule has 1 spiro atoms. The SMILES string of the molecule is C[C@H]1[C@H]([Si](C)(C)O)[C@@H](CCn2cc(C(CO)c3ccccc3)nn2)O[C@]12C(=O)N(Cc1cccc(NC(=O)c3ccc(N)cc3)c1)c1ccc(Br)cc12. The Kier molecular flexibility index (Phi) is 10.1. The number of aliphatic hydroxyl groups is 1. The van der Waals surface area contributed by atoms with Crippen LogP contribution in [0.4, 0.5) is 17.1 Å². The molecule has 1 unspecified atom stereocenters. The highest BCUT2D eigenvalue weighted by Crippen LogP contribution is 2.60. The van der Waals surface area contributed by atoms with E-state index in [1.807, 2.05) is 99.0 Å². The van der Waals surface area contributed by atoms with Gasteiger partial charge in [-0.25, -0.2) is 0 Å². The normalized spacial score (nSPS) is 21.6. The number of rotatable bonds is 11. The molecule has 2 aliphatic rings. The van der Waals surface area contributed by atoms with Crippen LogP contribution in [-0.2, 0) is 28.2 Å². The second-order valence-electron chi connectivity index (χ2n) is 14.5. The molecule has 4 aromatic carbocycles. The molecule has 5 atom stereocenters. The Morgan fingerprint density at radius 3 is 2.53 bits per heavy atom. The maximum atomic E-state index is 14.9. The lowest BCUT2D eigenvalue weighted by atomic mass is 9.82. The van der Waals surface area contributed by atoms with Crippen molar-refractivity contribution in [3.8, 4) is 0 Å². The third-order valence-electron chi connectivity index (χ3n) is 10.6. The van der Waals surface area contributed by atoms with Crippen LogP contribution in [0.2, 0.25) is 18.6 Å². The molecule has 0 saturated carbocycles. The number of nitrogens with zero attached hydrogens (tertiary/aromatic N) is 4. The summed E-state index contributed by atoms with van der Waals surface area (Å²) in [4.78, 5) is 41.4. The number of anilines is 3. The van der Waals surface area contributed by atoms with Gasteiger partial charge < -0.3 is 30.6 Å². The lowest BCUT2D eigenvalue weighted by Gasteiger charge is -2.32. The first-order valence-electron chi connectivity index (χ1n) is 17.7. The van der Waals surface area contributed by atoms with Crippen LogP contribution in [0.25, 0.3) is 0 Å². The highest BCUT2D eigenvalue weighted by atomic mass is 79.9. The van der Waals surface area contributed by atoms with Crippen molar-refractivity contribution in [2.75, 3.05) is 22.6 Å². The molecule has 11 nitrogen and oxygen atoms in total.